The number of para-hydroxylation sites is 2. The predicted molar refractivity (Wildman–Crippen MR) is 88.4 cm³/mol. The lowest BCUT2D eigenvalue weighted by Crippen LogP contribution is -2.04. The Balaban J connectivity index is 1.57. The molecular formula is C16H13F2N5OS. The van der Waals surface area contributed by atoms with Gasteiger partial charge in [0, 0.05) is 0 Å². The quantitative estimate of drug-likeness (QED) is 0.487. The standard InChI is InChI=1S/C16H13F2N5OS/c17-15(18)23-13-6-2-1-5-12(13)20-14(23)9-25-16-21-19-10-22(16)8-11-4-3-7-24-11/h1-7,10,15H,8-9H2. The molecule has 4 aromatic rings. The maximum atomic E-state index is 13.5. The molecule has 9 heteroatoms. The lowest BCUT2D eigenvalue weighted by atomic mass is 10.3. The fourth-order valence-electron chi connectivity index (χ4n) is 2.58. The molecule has 1 aromatic carbocycles. The van der Waals surface area contributed by atoms with E-state index in [0.29, 0.717) is 28.6 Å². The summed E-state index contributed by atoms with van der Waals surface area (Å²) in [5.74, 6) is 1.32. The molecule has 4 rings (SSSR count). The van der Waals surface area contributed by atoms with Gasteiger partial charge in [0.05, 0.1) is 29.6 Å². The average molecular weight is 361 g/mol. The van der Waals surface area contributed by atoms with Crippen LogP contribution in [0.2, 0.25) is 0 Å². The Morgan fingerprint density at radius 3 is 2.84 bits per heavy atom. The molecule has 0 unspecified atom stereocenters. The molecule has 0 atom stereocenters. The minimum absolute atomic E-state index is 0.260. The molecule has 0 saturated heterocycles. The molecule has 6 nitrogen and oxygen atoms in total. The fraction of sp³-hybridized carbons (Fsp3) is 0.188. The molecule has 0 fully saturated rings. The molecule has 0 aliphatic heterocycles. The number of fused-ring (bicyclic) bond motifs is 1. The molecule has 128 valence electrons. The minimum atomic E-state index is -2.65. The molecule has 0 radical (unpaired) electrons. The zero-order valence-electron chi connectivity index (χ0n) is 12.9. The number of benzene rings is 1. The first-order valence-electron chi connectivity index (χ1n) is 7.49. The third kappa shape index (κ3) is 3.14. The van der Waals surface area contributed by atoms with Crippen LogP contribution in [0.15, 0.2) is 58.6 Å². The van der Waals surface area contributed by atoms with E-state index in [1.807, 2.05) is 6.07 Å². The van der Waals surface area contributed by atoms with Crippen molar-refractivity contribution in [3.8, 4) is 0 Å². The molecule has 0 bridgehead atoms. The van der Waals surface area contributed by atoms with E-state index in [0.717, 1.165) is 10.3 Å². The first kappa shape index (κ1) is 15.8. The predicted octanol–water partition coefficient (Wildman–Crippen LogP) is 3.96. The number of rotatable bonds is 6. The zero-order valence-corrected chi connectivity index (χ0v) is 13.7. The van der Waals surface area contributed by atoms with E-state index in [-0.39, 0.29) is 5.75 Å². The van der Waals surface area contributed by atoms with Crippen LogP contribution >= 0.6 is 11.8 Å². The van der Waals surface area contributed by atoms with Crippen molar-refractivity contribution in [3.63, 3.8) is 0 Å². The highest BCUT2D eigenvalue weighted by Crippen LogP contribution is 2.28. The van der Waals surface area contributed by atoms with Gasteiger partial charge in [0.2, 0.25) is 0 Å². The summed E-state index contributed by atoms with van der Waals surface area (Å²) in [6.45, 7) is -2.17. The third-order valence-corrected chi connectivity index (χ3v) is 4.66. The van der Waals surface area contributed by atoms with E-state index in [1.165, 1.54) is 11.8 Å². The van der Waals surface area contributed by atoms with Gasteiger partial charge in [0.25, 0.3) is 0 Å². The van der Waals surface area contributed by atoms with E-state index >= 15 is 0 Å². The summed E-state index contributed by atoms with van der Waals surface area (Å²) in [4.78, 5) is 4.32. The van der Waals surface area contributed by atoms with Crippen LogP contribution in [-0.2, 0) is 12.3 Å². The van der Waals surface area contributed by atoms with Gasteiger partial charge >= 0.3 is 6.55 Å². The third-order valence-electron chi connectivity index (χ3n) is 3.68. The molecule has 0 amide bonds. The summed E-state index contributed by atoms with van der Waals surface area (Å²) < 4.78 is 35.0. The van der Waals surface area contributed by atoms with Gasteiger partial charge in [0.15, 0.2) is 5.16 Å². The SMILES string of the molecule is FC(F)n1c(CSc2nncn2Cc2ccco2)nc2ccccc21. The van der Waals surface area contributed by atoms with Gasteiger partial charge < -0.3 is 8.98 Å². The largest absolute Gasteiger partial charge is 0.467 e. The summed E-state index contributed by atoms with van der Waals surface area (Å²) in [7, 11) is 0. The molecule has 0 spiro atoms. The number of hydrogen-bond acceptors (Lipinski definition) is 5. The monoisotopic (exact) mass is 361 g/mol. The van der Waals surface area contributed by atoms with Crippen molar-refractivity contribution in [2.45, 2.75) is 24.0 Å². The summed E-state index contributed by atoms with van der Waals surface area (Å²) in [6.07, 6.45) is 3.18. The van der Waals surface area contributed by atoms with E-state index in [4.69, 9.17) is 4.42 Å². The van der Waals surface area contributed by atoms with Crippen molar-refractivity contribution in [1.82, 2.24) is 24.3 Å². The van der Waals surface area contributed by atoms with Crippen molar-refractivity contribution in [2.24, 2.45) is 0 Å². The highest BCUT2D eigenvalue weighted by atomic mass is 32.2. The van der Waals surface area contributed by atoms with Gasteiger partial charge in [-0.05, 0) is 24.3 Å². The number of imidazole rings is 1. The summed E-state index contributed by atoms with van der Waals surface area (Å²) in [5, 5.41) is 8.56. The Kier molecular flexibility index (Phi) is 4.22. The normalized spacial score (nSPS) is 11.6. The molecule has 3 aromatic heterocycles. The number of halogens is 2. The summed E-state index contributed by atoms with van der Waals surface area (Å²) >= 11 is 1.31. The second kappa shape index (κ2) is 6.67. The van der Waals surface area contributed by atoms with Gasteiger partial charge in [0.1, 0.15) is 17.9 Å². The van der Waals surface area contributed by atoms with Crippen LogP contribution in [0, 0.1) is 0 Å². The number of aromatic nitrogens is 5. The maximum Gasteiger partial charge on any atom is 0.320 e. The number of hydrogen-bond donors (Lipinski definition) is 0. The number of thioether (sulfide) groups is 1. The minimum Gasteiger partial charge on any atom is -0.467 e. The van der Waals surface area contributed by atoms with Gasteiger partial charge in [-0.2, -0.15) is 8.78 Å². The maximum absolute atomic E-state index is 13.5. The number of furan rings is 1. The Labute approximate surface area is 145 Å². The van der Waals surface area contributed by atoms with Gasteiger partial charge in [-0.1, -0.05) is 23.9 Å². The Morgan fingerprint density at radius 1 is 1.16 bits per heavy atom. The van der Waals surface area contributed by atoms with Crippen molar-refractivity contribution in [2.75, 3.05) is 0 Å². The lowest BCUT2D eigenvalue weighted by Gasteiger charge is -2.08. The van der Waals surface area contributed by atoms with Crippen LogP contribution in [-0.4, -0.2) is 24.3 Å². The highest BCUT2D eigenvalue weighted by Gasteiger charge is 2.18. The van der Waals surface area contributed by atoms with E-state index < -0.39 is 6.55 Å². The van der Waals surface area contributed by atoms with Gasteiger partial charge in [-0.15, -0.1) is 10.2 Å². The second-order valence-electron chi connectivity index (χ2n) is 5.27. The van der Waals surface area contributed by atoms with Crippen LogP contribution in [0.25, 0.3) is 11.0 Å². The first-order chi connectivity index (χ1) is 12.2. The number of alkyl halides is 2. The van der Waals surface area contributed by atoms with Crippen molar-refractivity contribution in [3.05, 3.63) is 60.6 Å². The van der Waals surface area contributed by atoms with Crippen LogP contribution in [0.4, 0.5) is 8.78 Å². The van der Waals surface area contributed by atoms with Crippen LogP contribution in [0.3, 0.4) is 0 Å². The van der Waals surface area contributed by atoms with Crippen LogP contribution in [0.5, 0.6) is 0 Å². The van der Waals surface area contributed by atoms with Crippen molar-refractivity contribution < 1.29 is 13.2 Å². The second-order valence-corrected chi connectivity index (χ2v) is 6.22. The van der Waals surface area contributed by atoms with Gasteiger partial charge in [-0.3, -0.25) is 4.57 Å². The molecule has 0 N–H and O–H groups in total. The number of nitrogens with zero attached hydrogens (tertiary/aromatic N) is 5. The molecule has 25 heavy (non-hydrogen) atoms. The Hall–Kier alpha value is -2.68. The van der Waals surface area contributed by atoms with E-state index in [1.54, 1.807) is 47.5 Å². The molecule has 0 saturated carbocycles. The van der Waals surface area contributed by atoms with Crippen molar-refractivity contribution >= 4 is 22.8 Å². The van der Waals surface area contributed by atoms with E-state index in [9.17, 15) is 8.78 Å². The first-order valence-corrected chi connectivity index (χ1v) is 8.48. The Bertz CT molecular complexity index is 980. The Morgan fingerprint density at radius 2 is 2.04 bits per heavy atom. The van der Waals surface area contributed by atoms with Crippen LogP contribution in [0.1, 0.15) is 18.1 Å². The fourth-order valence-corrected chi connectivity index (χ4v) is 3.42. The lowest BCUT2D eigenvalue weighted by molar-refractivity contribution is 0.0722. The van der Waals surface area contributed by atoms with E-state index in [2.05, 4.69) is 15.2 Å². The summed E-state index contributed by atoms with van der Waals surface area (Å²) in [6, 6.07) is 10.5. The average Bonchev–Trinajstić information content (AvgIpc) is 3.32. The topological polar surface area (TPSA) is 61.7 Å². The highest BCUT2D eigenvalue weighted by molar-refractivity contribution is 7.98. The molecular weight excluding hydrogens is 348 g/mol. The molecule has 0 aliphatic carbocycles. The van der Waals surface area contributed by atoms with Crippen molar-refractivity contribution in [1.29, 1.82) is 0 Å². The summed E-state index contributed by atoms with van der Waals surface area (Å²) in [5.41, 5.74) is 0.973. The molecule has 0 aliphatic rings. The smallest absolute Gasteiger partial charge is 0.320 e. The zero-order chi connectivity index (χ0) is 17.2. The van der Waals surface area contributed by atoms with Gasteiger partial charge in [-0.25, -0.2) is 4.98 Å². The molecule has 3 heterocycles. The van der Waals surface area contributed by atoms with Crippen LogP contribution < -0.4 is 0 Å².